The topological polar surface area (TPSA) is 34.1 Å². The predicted molar refractivity (Wildman–Crippen MR) is 83.2 cm³/mol. The molecular formula is C18H12O2S. The third-order valence-electron chi connectivity index (χ3n) is 3.96. The zero-order chi connectivity index (χ0) is 14.6. The van der Waals surface area contributed by atoms with E-state index in [9.17, 15) is 9.00 Å². The highest BCUT2D eigenvalue weighted by molar-refractivity contribution is 7.85. The fourth-order valence-electron chi connectivity index (χ4n) is 2.95. The lowest BCUT2D eigenvalue weighted by Crippen LogP contribution is -2.03. The average molecular weight is 292 g/mol. The van der Waals surface area contributed by atoms with Crippen molar-refractivity contribution < 1.29 is 9.00 Å². The Morgan fingerprint density at radius 2 is 1.62 bits per heavy atom. The number of ketones is 1. The van der Waals surface area contributed by atoms with Gasteiger partial charge in [0.2, 0.25) is 0 Å². The Morgan fingerprint density at radius 3 is 2.48 bits per heavy atom. The summed E-state index contributed by atoms with van der Waals surface area (Å²) >= 11 is 0. The largest absolute Gasteiger partial charge is 0.289 e. The molecule has 0 aromatic heterocycles. The Kier molecular flexibility index (Phi) is 2.59. The summed E-state index contributed by atoms with van der Waals surface area (Å²) in [7, 11) is -1.33. The SMILES string of the molecule is Cc1ccc2cccc3c2c1S(=O)c1ccccc1C3=O. The first-order valence-electron chi connectivity index (χ1n) is 6.76. The molecule has 2 nitrogen and oxygen atoms in total. The second-order valence-corrected chi connectivity index (χ2v) is 6.59. The first-order chi connectivity index (χ1) is 10.2. The van der Waals surface area contributed by atoms with Crippen molar-refractivity contribution in [1.82, 2.24) is 0 Å². The smallest absolute Gasteiger partial charge is 0.194 e. The third-order valence-corrected chi connectivity index (χ3v) is 5.61. The highest BCUT2D eigenvalue weighted by atomic mass is 32.2. The van der Waals surface area contributed by atoms with Crippen molar-refractivity contribution in [1.29, 1.82) is 0 Å². The van der Waals surface area contributed by atoms with E-state index in [0.29, 0.717) is 16.0 Å². The van der Waals surface area contributed by atoms with E-state index >= 15 is 0 Å². The van der Waals surface area contributed by atoms with Gasteiger partial charge in [-0.15, -0.1) is 0 Å². The maximum atomic E-state index is 13.0. The first kappa shape index (κ1) is 12.5. The molecule has 1 aliphatic rings. The van der Waals surface area contributed by atoms with Gasteiger partial charge in [-0.25, -0.2) is 4.21 Å². The van der Waals surface area contributed by atoms with Crippen LogP contribution < -0.4 is 0 Å². The Balaban J connectivity index is 2.26. The molecule has 0 fully saturated rings. The number of benzene rings is 3. The molecule has 0 saturated heterocycles. The van der Waals surface area contributed by atoms with Gasteiger partial charge >= 0.3 is 0 Å². The van der Waals surface area contributed by atoms with Crippen LogP contribution in [0.4, 0.5) is 0 Å². The molecule has 1 atom stereocenters. The Bertz CT molecular complexity index is 941. The normalized spacial score (nSPS) is 16.6. The summed E-state index contributed by atoms with van der Waals surface area (Å²) < 4.78 is 13.0. The maximum absolute atomic E-state index is 13.0. The van der Waals surface area contributed by atoms with E-state index in [-0.39, 0.29) is 5.78 Å². The number of fused-ring (bicyclic) bond motifs is 1. The molecule has 102 valence electrons. The van der Waals surface area contributed by atoms with Gasteiger partial charge in [0.1, 0.15) is 0 Å². The standard InChI is InChI=1S/C18H12O2S/c1-11-9-10-12-5-4-7-14-16(12)18(11)21(20)15-8-3-2-6-13(15)17(14)19/h2-10H,1H3. The Morgan fingerprint density at radius 1 is 0.857 bits per heavy atom. The molecule has 3 aromatic rings. The molecule has 0 bridgehead atoms. The summed E-state index contributed by atoms with van der Waals surface area (Å²) in [5, 5.41) is 1.79. The summed E-state index contributed by atoms with van der Waals surface area (Å²) in [6.07, 6.45) is 0. The summed E-state index contributed by atoms with van der Waals surface area (Å²) in [6, 6.07) is 16.8. The van der Waals surface area contributed by atoms with E-state index in [4.69, 9.17) is 0 Å². The van der Waals surface area contributed by atoms with Crippen LogP contribution in [-0.4, -0.2) is 9.99 Å². The van der Waals surface area contributed by atoms with Crippen LogP contribution in [0.25, 0.3) is 10.8 Å². The number of hydrogen-bond acceptors (Lipinski definition) is 2. The number of aryl methyl sites for hydroxylation is 1. The van der Waals surface area contributed by atoms with Crippen molar-refractivity contribution in [2.24, 2.45) is 0 Å². The van der Waals surface area contributed by atoms with Crippen molar-refractivity contribution in [3.05, 3.63) is 71.3 Å². The van der Waals surface area contributed by atoms with Crippen molar-refractivity contribution in [3.63, 3.8) is 0 Å². The van der Waals surface area contributed by atoms with Crippen LogP contribution in [0.5, 0.6) is 0 Å². The van der Waals surface area contributed by atoms with Gasteiger partial charge in [-0.1, -0.05) is 42.5 Å². The lowest BCUT2D eigenvalue weighted by Gasteiger charge is -2.09. The van der Waals surface area contributed by atoms with Crippen LogP contribution in [0.15, 0.2) is 64.4 Å². The van der Waals surface area contributed by atoms with Gasteiger partial charge in [0.25, 0.3) is 0 Å². The third kappa shape index (κ3) is 1.64. The lowest BCUT2D eigenvalue weighted by molar-refractivity contribution is 0.103. The number of carbonyl (C=O) groups is 1. The van der Waals surface area contributed by atoms with E-state index in [2.05, 4.69) is 0 Å². The molecule has 0 radical (unpaired) electrons. The number of carbonyl (C=O) groups excluding carboxylic acids is 1. The molecule has 3 aromatic carbocycles. The average Bonchev–Trinajstić information content (AvgIpc) is 2.61. The van der Waals surface area contributed by atoms with Crippen LogP contribution in [0, 0.1) is 6.92 Å². The van der Waals surface area contributed by atoms with Crippen LogP contribution in [0.2, 0.25) is 0 Å². The molecule has 0 spiro atoms. The summed E-state index contributed by atoms with van der Waals surface area (Å²) in [5.74, 6) is -0.0473. The number of rotatable bonds is 0. The van der Waals surface area contributed by atoms with Crippen LogP contribution in [0.3, 0.4) is 0 Å². The van der Waals surface area contributed by atoms with Gasteiger partial charge in [-0.2, -0.15) is 0 Å². The van der Waals surface area contributed by atoms with Crippen LogP contribution >= 0.6 is 0 Å². The van der Waals surface area contributed by atoms with Gasteiger partial charge in [0.05, 0.1) is 20.6 Å². The predicted octanol–water partition coefficient (Wildman–Crippen LogP) is 3.86. The van der Waals surface area contributed by atoms with E-state index in [1.165, 1.54) is 0 Å². The molecular weight excluding hydrogens is 280 g/mol. The molecule has 21 heavy (non-hydrogen) atoms. The minimum Gasteiger partial charge on any atom is -0.289 e. The highest BCUT2D eigenvalue weighted by Crippen LogP contribution is 2.36. The molecule has 1 heterocycles. The zero-order valence-corrected chi connectivity index (χ0v) is 12.2. The van der Waals surface area contributed by atoms with Crippen molar-refractivity contribution >= 4 is 27.4 Å². The number of hydrogen-bond donors (Lipinski definition) is 0. The molecule has 3 heteroatoms. The second kappa shape index (κ2) is 4.37. The zero-order valence-electron chi connectivity index (χ0n) is 11.4. The lowest BCUT2D eigenvalue weighted by atomic mass is 9.96. The molecule has 0 amide bonds. The molecule has 4 rings (SSSR count). The van der Waals surface area contributed by atoms with Gasteiger partial charge in [-0.05, 0) is 30.0 Å². The fourth-order valence-corrected chi connectivity index (χ4v) is 4.51. The van der Waals surface area contributed by atoms with Crippen LogP contribution in [0.1, 0.15) is 21.5 Å². The van der Waals surface area contributed by atoms with Gasteiger partial charge in [0.15, 0.2) is 5.78 Å². The minimum atomic E-state index is -1.33. The van der Waals surface area contributed by atoms with Gasteiger partial charge in [0, 0.05) is 16.5 Å². The van der Waals surface area contributed by atoms with E-state index < -0.39 is 10.8 Å². The molecule has 0 N–H and O–H groups in total. The minimum absolute atomic E-state index is 0.0473. The van der Waals surface area contributed by atoms with E-state index in [1.807, 2.05) is 49.4 Å². The summed E-state index contributed by atoms with van der Waals surface area (Å²) in [6.45, 7) is 1.95. The Hall–Kier alpha value is -2.26. The summed E-state index contributed by atoms with van der Waals surface area (Å²) in [4.78, 5) is 14.2. The molecule has 0 aliphatic carbocycles. The van der Waals surface area contributed by atoms with Crippen molar-refractivity contribution in [2.75, 3.05) is 0 Å². The van der Waals surface area contributed by atoms with Crippen molar-refractivity contribution in [3.8, 4) is 0 Å². The molecule has 0 saturated carbocycles. The fraction of sp³-hybridized carbons (Fsp3) is 0.0556. The van der Waals surface area contributed by atoms with Crippen molar-refractivity contribution in [2.45, 2.75) is 16.7 Å². The van der Waals surface area contributed by atoms with Gasteiger partial charge < -0.3 is 0 Å². The quantitative estimate of drug-likeness (QED) is 0.493. The maximum Gasteiger partial charge on any atom is 0.194 e. The Labute approximate surface area is 124 Å². The molecule has 1 unspecified atom stereocenters. The van der Waals surface area contributed by atoms with Crippen LogP contribution in [-0.2, 0) is 10.8 Å². The summed E-state index contributed by atoms with van der Waals surface area (Å²) in [5.41, 5.74) is 2.14. The monoisotopic (exact) mass is 292 g/mol. The van der Waals surface area contributed by atoms with E-state index in [1.54, 1.807) is 12.1 Å². The second-order valence-electron chi connectivity index (χ2n) is 5.21. The highest BCUT2D eigenvalue weighted by Gasteiger charge is 2.27. The van der Waals surface area contributed by atoms with Gasteiger partial charge in [-0.3, -0.25) is 4.79 Å². The molecule has 1 aliphatic heterocycles. The first-order valence-corrected chi connectivity index (χ1v) is 7.91. The van der Waals surface area contributed by atoms with E-state index in [0.717, 1.165) is 21.2 Å².